The van der Waals surface area contributed by atoms with E-state index in [1.165, 1.54) is 7.11 Å². The van der Waals surface area contributed by atoms with Crippen LogP contribution >= 0.6 is 8.69 Å². The standard InChI is InChI=1S/C10H14O.CH3O2P/c1-3-8-6-5-7-9(4-2)10(8)11;1-3-4-2/h5-7,11H,3-4H2,1-2H3;1H3. The van der Waals surface area contributed by atoms with E-state index in [9.17, 15) is 5.11 Å². The van der Waals surface area contributed by atoms with E-state index < -0.39 is 0 Å². The molecular formula is C11H17O3P. The van der Waals surface area contributed by atoms with E-state index in [1.54, 1.807) is 0 Å². The Morgan fingerprint density at radius 3 is 1.93 bits per heavy atom. The second-order valence-corrected chi connectivity index (χ2v) is 3.40. The van der Waals surface area contributed by atoms with Gasteiger partial charge in [0.25, 0.3) is 0 Å². The van der Waals surface area contributed by atoms with Crippen molar-refractivity contribution in [2.24, 2.45) is 0 Å². The normalized spacial score (nSPS) is 9.53. The number of para-hydroxylation sites is 1. The lowest BCUT2D eigenvalue weighted by Gasteiger charge is -2.05. The molecule has 0 amide bonds. The van der Waals surface area contributed by atoms with Gasteiger partial charge in [-0.1, -0.05) is 32.0 Å². The quantitative estimate of drug-likeness (QED) is 0.807. The van der Waals surface area contributed by atoms with E-state index in [2.05, 4.69) is 18.4 Å². The van der Waals surface area contributed by atoms with E-state index in [1.807, 2.05) is 18.2 Å². The third-order valence-corrected chi connectivity index (χ3v) is 2.19. The summed E-state index contributed by atoms with van der Waals surface area (Å²) < 4.78 is 13.0. The summed E-state index contributed by atoms with van der Waals surface area (Å²) >= 11 is 0. The van der Waals surface area contributed by atoms with Crippen LogP contribution in [-0.2, 0) is 21.9 Å². The summed E-state index contributed by atoms with van der Waals surface area (Å²) in [7, 11) is 1.10. The van der Waals surface area contributed by atoms with Crippen LogP contribution in [-0.4, -0.2) is 12.2 Å². The summed E-state index contributed by atoms with van der Waals surface area (Å²) in [5.41, 5.74) is 2.09. The van der Waals surface area contributed by atoms with Gasteiger partial charge in [0.15, 0.2) is 0 Å². The Morgan fingerprint density at radius 2 is 1.67 bits per heavy atom. The summed E-state index contributed by atoms with van der Waals surface area (Å²) in [6, 6.07) is 5.93. The first-order chi connectivity index (χ1) is 7.21. The molecule has 4 heteroatoms. The minimum atomic E-state index is -0.252. The Bertz CT molecular complexity index is 278. The lowest BCUT2D eigenvalue weighted by molar-refractivity contribution is 0.433. The van der Waals surface area contributed by atoms with Crippen molar-refractivity contribution >= 4 is 8.69 Å². The minimum Gasteiger partial charge on any atom is -0.507 e. The van der Waals surface area contributed by atoms with Crippen LogP contribution in [0.5, 0.6) is 5.75 Å². The predicted molar refractivity (Wildman–Crippen MR) is 61.5 cm³/mol. The maximum absolute atomic E-state index is 9.59. The third kappa shape index (κ3) is 4.91. The van der Waals surface area contributed by atoms with Crippen LogP contribution in [0.2, 0.25) is 0 Å². The van der Waals surface area contributed by atoms with E-state index in [0.29, 0.717) is 5.75 Å². The van der Waals surface area contributed by atoms with Crippen molar-refractivity contribution in [3.8, 4) is 5.75 Å². The SMILES string of the molecule is CCc1cccc(CC)c1O.COP=O. The Hall–Kier alpha value is -0.920. The van der Waals surface area contributed by atoms with Gasteiger partial charge in [-0.05, 0) is 24.0 Å². The van der Waals surface area contributed by atoms with E-state index in [4.69, 9.17) is 4.57 Å². The van der Waals surface area contributed by atoms with Crippen molar-refractivity contribution < 1.29 is 14.2 Å². The number of hydrogen-bond donors (Lipinski definition) is 1. The summed E-state index contributed by atoms with van der Waals surface area (Å²) in [5, 5.41) is 9.59. The van der Waals surface area contributed by atoms with Gasteiger partial charge in [-0.3, -0.25) is 4.52 Å². The molecule has 0 aliphatic heterocycles. The Balaban J connectivity index is 0.000000423. The van der Waals surface area contributed by atoms with E-state index in [0.717, 1.165) is 24.0 Å². The lowest BCUT2D eigenvalue weighted by Crippen LogP contribution is -1.86. The first-order valence-corrected chi connectivity index (χ1v) is 5.59. The van der Waals surface area contributed by atoms with Gasteiger partial charge in [-0.25, -0.2) is 4.57 Å². The topological polar surface area (TPSA) is 46.5 Å². The number of phenols is 1. The first-order valence-electron chi connectivity index (χ1n) is 4.86. The van der Waals surface area contributed by atoms with Crippen molar-refractivity contribution in [3.05, 3.63) is 29.3 Å². The summed E-state index contributed by atoms with van der Waals surface area (Å²) in [6.07, 6.45) is 1.80. The van der Waals surface area contributed by atoms with Crippen LogP contribution in [0.25, 0.3) is 0 Å². The van der Waals surface area contributed by atoms with Gasteiger partial charge in [-0.15, -0.1) is 0 Å². The van der Waals surface area contributed by atoms with Crippen molar-refractivity contribution in [1.29, 1.82) is 0 Å². The zero-order valence-corrected chi connectivity index (χ0v) is 10.3. The highest BCUT2D eigenvalue weighted by Gasteiger charge is 2.01. The molecule has 0 aliphatic carbocycles. The third-order valence-electron chi connectivity index (χ3n) is 2.04. The highest BCUT2D eigenvalue weighted by molar-refractivity contribution is 7.17. The van der Waals surface area contributed by atoms with Gasteiger partial charge in [0.2, 0.25) is 0 Å². The molecule has 0 atom stereocenters. The molecule has 0 bridgehead atoms. The molecule has 0 saturated heterocycles. The zero-order chi connectivity index (χ0) is 11.7. The van der Waals surface area contributed by atoms with Crippen molar-refractivity contribution in [2.75, 3.05) is 7.11 Å². The Labute approximate surface area is 92.4 Å². The molecule has 0 fully saturated rings. The first kappa shape index (κ1) is 14.1. The van der Waals surface area contributed by atoms with Gasteiger partial charge in [0.05, 0.1) is 0 Å². The summed E-state index contributed by atoms with van der Waals surface area (Å²) in [4.78, 5) is 0. The molecule has 0 saturated carbocycles. The van der Waals surface area contributed by atoms with E-state index >= 15 is 0 Å². The Morgan fingerprint density at radius 1 is 1.27 bits per heavy atom. The molecule has 0 unspecified atom stereocenters. The number of aryl methyl sites for hydroxylation is 2. The molecule has 0 aliphatic rings. The zero-order valence-electron chi connectivity index (χ0n) is 9.36. The number of rotatable bonds is 3. The fourth-order valence-electron chi connectivity index (χ4n) is 1.22. The fraction of sp³-hybridized carbons (Fsp3) is 0.455. The van der Waals surface area contributed by atoms with E-state index in [-0.39, 0.29) is 8.69 Å². The molecule has 1 N–H and O–H groups in total. The maximum atomic E-state index is 9.59. The molecule has 1 aromatic carbocycles. The van der Waals surface area contributed by atoms with Crippen LogP contribution in [0.4, 0.5) is 0 Å². The van der Waals surface area contributed by atoms with Crippen LogP contribution in [0.15, 0.2) is 18.2 Å². The van der Waals surface area contributed by atoms with Crippen LogP contribution in [0, 0.1) is 0 Å². The molecule has 0 aromatic heterocycles. The summed E-state index contributed by atoms with van der Waals surface area (Å²) in [6.45, 7) is 4.10. The average molecular weight is 228 g/mol. The van der Waals surface area contributed by atoms with Crippen LogP contribution in [0.1, 0.15) is 25.0 Å². The van der Waals surface area contributed by atoms with Gasteiger partial charge in [0, 0.05) is 7.11 Å². The highest BCUT2D eigenvalue weighted by Crippen LogP contribution is 2.22. The average Bonchev–Trinajstić information content (AvgIpc) is 2.30. The van der Waals surface area contributed by atoms with Gasteiger partial charge < -0.3 is 5.11 Å². The van der Waals surface area contributed by atoms with Crippen LogP contribution in [0.3, 0.4) is 0 Å². The van der Waals surface area contributed by atoms with Crippen molar-refractivity contribution in [1.82, 2.24) is 0 Å². The molecule has 15 heavy (non-hydrogen) atoms. The molecule has 0 radical (unpaired) electrons. The molecule has 0 spiro atoms. The van der Waals surface area contributed by atoms with Gasteiger partial charge >= 0.3 is 8.69 Å². The van der Waals surface area contributed by atoms with Crippen LogP contribution < -0.4 is 0 Å². The molecule has 0 heterocycles. The number of benzene rings is 1. The number of aromatic hydroxyl groups is 1. The smallest absolute Gasteiger partial charge is 0.327 e. The molecule has 84 valence electrons. The molecule has 3 nitrogen and oxygen atoms in total. The lowest BCUT2D eigenvalue weighted by atomic mass is 10.1. The molecular weight excluding hydrogens is 211 g/mol. The van der Waals surface area contributed by atoms with Gasteiger partial charge in [0.1, 0.15) is 5.75 Å². The predicted octanol–water partition coefficient (Wildman–Crippen LogP) is 3.36. The largest absolute Gasteiger partial charge is 0.507 e. The fourth-order valence-corrected chi connectivity index (χ4v) is 1.22. The second kappa shape index (κ2) is 8.39. The summed E-state index contributed by atoms with van der Waals surface area (Å²) in [5.74, 6) is 0.484. The van der Waals surface area contributed by atoms with Gasteiger partial charge in [-0.2, -0.15) is 0 Å². The highest BCUT2D eigenvalue weighted by atomic mass is 31.1. The van der Waals surface area contributed by atoms with Crippen molar-refractivity contribution in [3.63, 3.8) is 0 Å². The Kier molecular flexibility index (Phi) is 7.88. The van der Waals surface area contributed by atoms with Crippen molar-refractivity contribution in [2.45, 2.75) is 26.7 Å². The minimum absolute atomic E-state index is 0.252. The number of hydrogen-bond acceptors (Lipinski definition) is 3. The second-order valence-electron chi connectivity index (χ2n) is 2.89. The molecule has 1 aromatic rings. The molecule has 1 rings (SSSR count). The number of phenolic OH excluding ortho intramolecular Hbond substituents is 1. The maximum Gasteiger partial charge on any atom is 0.327 e. The monoisotopic (exact) mass is 228 g/mol.